The Morgan fingerprint density at radius 2 is 1.81 bits per heavy atom. The van der Waals surface area contributed by atoms with Gasteiger partial charge in [-0.3, -0.25) is 0 Å². The molecule has 6 heteroatoms. The van der Waals surface area contributed by atoms with Crippen LogP contribution < -0.4 is 10.6 Å². The zero-order valence-electron chi connectivity index (χ0n) is 14.0. The number of nitrogens with zero attached hydrogens (tertiary/aromatic N) is 1. The maximum atomic E-state index is 11.7. The molecule has 0 saturated carbocycles. The summed E-state index contributed by atoms with van der Waals surface area (Å²) in [7, 11) is 2.08. The SMILES string of the molecule is CCC(C)[C@H](NC(=O)NCCCCN(C)C(C)C)C(=O)O. The van der Waals surface area contributed by atoms with Crippen molar-refractivity contribution in [1.29, 1.82) is 0 Å². The van der Waals surface area contributed by atoms with Crippen LogP contribution in [0.3, 0.4) is 0 Å². The molecule has 0 aliphatic carbocycles. The summed E-state index contributed by atoms with van der Waals surface area (Å²) in [6.07, 6.45) is 2.59. The number of unbranched alkanes of at least 4 members (excludes halogenated alkanes) is 1. The van der Waals surface area contributed by atoms with E-state index in [4.69, 9.17) is 5.11 Å². The van der Waals surface area contributed by atoms with Crippen molar-refractivity contribution in [2.75, 3.05) is 20.1 Å². The van der Waals surface area contributed by atoms with Crippen LogP contribution in [-0.4, -0.2) is 54.2 Å². The third-order valence-corrected chi connectivity index (χ3v) is 3.87. The molecular weight excluding hydrogens is 270 g/mol. The van der Waals surface area contributed by atoms with Crippen LogP contribution in [0.5, 0.6) is 0 Å². The van der Waals surface area contributed by atoms with Crippen LogP contribution in [0.2, 0.25) is 0 Å². The van der Waals surface area contributed by atoms with E-state index >= 15 is 0 Å². The Balaban J connectivity index is 3.91. The molecule has 0 aromatic heterocycles. The lowest BCUT2D eigenvalue weighted by molar-refractivity contribution is -0.140. The molecule has 1 unspecified atom stereocenters. The van der Waals surface area contributed by atoms with Crippen molar-refractivity contribution in [2.45, 2.75) is 59.0 Å². The number of carboxylic acid groups (broad SMARTS) is 1. The number of hydrogen-bond donors (Lipinski definition) is 3. The van der Waals surface area contributed by atoms with E-state index < -0.39 is 18.0 Å². The molecule has 0 aromatic rings. The van der Waals surface area contributed by atoms with Gasteiger partial charge in [-0.25, -0.2) is 9.59 Å². The fourth-order valence-electron chi connectivity index (χ4n) is 1.82. The summed E-state index contributed by atoms with van der Waals surface area (Å²) in [5, 5.41) is 14.3. The monoisotopic (exact) mass is 301 g/mol. The van der Waals surface area contributed by atoms with Gasteiger partial charge in [-0.2, -0.15) is 0 Å². The molecule has 0 radical (unpaired) electrons. The van der Waals surface area contributed by atoms with Crippen molar-refractivity contribution in [3.8, 4) is 0 Å². The molecule has 0 fully saturated rings. The Bertz CT molecular complexity index is 321. The minimum absolute atomic E-state index is 0.0899. The summed E-state index contributed by atoms with van der Waals surface area (Å²) in [6.45, 7) is 9.57. The van der Waals surface area contributed by atoms with E-state index in [1.165, 1.54) is 0 Å². The Kier molecular flexibility index (Phi) is 9.78. The number of urea groups is 1. The van der Waals surface area contributed by atoms with E-state index in [0.29, 0.717) is 19.0 Å². The third-order valence-electron chi connectivity index (χ3n) is 3.87. The normalized spacial score (nSPS) is 14.0. The zero-order valence-corrected chi connectivity index (χ0v) is 14.0. The largest absolute Gasteiger partial charge is 0.480 e. The van der Waals surface area contributed by atoms with Crippen LogP contribution in [-0.2, 0) is 4.79 Å². The van der Waals surface area contributed by atoms with Gasteiger partial charge in [0.25, 0.3) is 0 Å². The Labute approximate surface area is 128 Å². The molecule has 3 N–H and O–H groups in total. The predicted molar refractivity (Wildman–Crippen MR) is 84.4 cm³/mol. The minimum Gasteiger partial charge on any atom is -0.480 e. The molecule has 0 rings (SSSR count). The van der Waals surface area contributed by atoms with Crippen LogP contribution >= 0.6 is 0 Å². The van der Waals surface area contributed by atoms with Gasteiger partial charge in [0.15, 0.2) is 0 Å². The summed E-state index contributed by atoms with van der Waals surface area (Å²) in [5.74, 6) is -1.08. The van der Waals surface area contributed by atoms with E-state index in [1.807, 2.05) is 13.8 Å². The van der Waals surface area contributed by atoms with Crippen LogP contribution in [0, 0.1) is 5.92 Å². The van der Waals surface area contributed by atoms with Gasteiger partial charge in [0.05, 0.1) is 0 Å². The molecule has 0 saturated heterocycles. The smallest absolute Gasteiger partial charge is 0.326 e. The molecule has 21 heavy (non-hydrogen) atoms. The van der Waals surface area contributed by atoms with Crippen molar-refractivity contribution in [1.82, 2.24) is 15.5 Å². The third kappa shape index (κ3) is 8.55. The Morgan fingerprint density at radius 3 is 2.29 bits per heavy atom. The van der Waals surface area contributed by atoms with E-state index in [2.05, 4.69) is 36.4 Å². The Morgan fingerprint density at radius 1 is 1.19 bits per heavy atom. The highest BCUT2D eigenvalue weighted by Gasteiger charge is 2.24. The first-order valence-electron chi connectivity index (χ1n) is 7.77. The van der Waals surface area contributed by atoms with Crippen molar-refractivity contribution >= 4 is 12.0 Å². The number of hydrogen-bond acceptors (Lipinski definition) is 3. The lowest BCUT2D eigenvalue weighted by Gasteiger charge is -2.21. The predicted octanol–water partition coefficient (Wildman–Crippen LogP) is 1.91. The first kappa shape index (κ1) is 19.7. The van der Waals surface area contributed by atoms with Crippen molar-refractivity contribution in [2.24, 2.45) is 5.92 Å². The average molecular weight is 301 g/mol. The second-order valence-electron chi connectivity index (χ2n) is 5.88. The zero-order chi connectivity index (χ0) is 16.4. The lowest BCUT2D eigenvalue weighted by Crippen LogP contribution is -2.49. The number of aliphatic carboxylic acids is 1. The maximum absolute atomic E-state index is 11.7. The molecule has 0 heterocycles. The van der Waals surface area contributed by atoms with Gasteiger partial charge in [0.1, 0.15) is 6.04 Å². The number of carbonyl (C=O) groups is 2. The number of amides is 2. The number of nitrogens with one attached hydrogen (secondary N) is 2. The van der Waals surface area contributed by atoms with E-state index in [-0.39, 0.29) is 5.92 Å². The van der Waals surface area contributed by atoms with Crippen molar-refractivity contribution < 1.29 is 14.7 Å². The van der Waals surface area contributed by atoms with Crippen molar-refractivity contribution in [3.05, 3.63) is 0 Å². The summed E-state index contributed by atoms with van der Waals surface area (Å²) < 4.78 is 0. The average Bonchev–Trinajstić information content (AvgIpc) is 2.42. The van der Waals surface area contributed by atoms with Gasteiger partial charge >= 0.3 is 12.0 Å². The molecule has 2 atom stereocenters. The molecule has 0 spiro atoms. The van der Waals surface area contributed by atoms with Crippen LogP contribution in [0.15, 0.2) is 0 Å². The molecule has 2 amide bonds. The standard InChI is InChI=1S/C15H31N3O3/c1-6-12(4)13(14(19)20)17-15(21)16-9-7-8-10-18(5)11(2)3/h11-13H,6-10H2,1-5H3,(H,19,20)(H2,16,17,21)/t12?,13-/m0/s1. The number of carboxylic acids is 1. The molecule has 0 aliphatic rings. The van der Waals surface area contributed by atoms with E-state index in [0.717, 1.165) is 19.4 Å². The lowest BCUT2D eigenvalue weighted by atomic mass is 9.99. The fourth-order valence-corrected chi connectivity index (χ4v) is 1.82. The molecule has 0 aromatic carbocycles. The quantitative estimate of drug-likeness (QED) is 0.538. The summed E-state index contributed by atoms with van der Waals surface area (Å²) in [5.41, 5.74) is 0. The summed E-state index contributed by atoms with van der Waals surface area (Å²) in [6, 6.07) is -0.713. The fraction of sp³-hybridized carbons (Fsp3) is 0.867. The molecule has 124 valence electrons. The van der Waals surface area contributed by atoms with Crippen LogP contribution in [0.1, 0.15) is 47.0 Å². The van der Waals surface area contributed by atoms with Crippen LogP contribution in [0.25, 0.3) is 0 Å². The Hall–Kier alpha value is -1.30. The topological polar surface area (TPSA) is 81.7 Å². The molecular formula is C15H31N3O3. The number of rotatable bonds is 10. The van der Waals surface area contributed by atoms with Crippen molar-refractivity contribution in [3.63, 3.8) is 0 Å². The van der Waals surface area contributed by atoms with Gasteiger partial charge < -0.3 is 20.6 Å². The van der Waals surface area contributed by atoms with E-state index in [9.17, 15) is 9.59 Å². The second kappa shape index (κ2) is 10.4. The second-order valence-corrected chi connectivity index (χ2v) is 5.88. The molecule has 0 bridgehead atoms. The summed E-state index contributed by atoms with van der Waals surface area (Å²) >= 11 is 0. The first-order chi connectivity index (χ1) is 9.79. The van der Waals surface area contributed by atoms with Gasteiger partial charge in [0.2, 0.25) is 0 Å². The number of carbonyl (C=O) groups excluding carboxylic acids is 1. The maximum Gasteiger partial charge on any atom is 0.326 e. The van der Waals surface area contributed by atoms with E-state index in [1.54, 1.807) is 0 Å². The highest BCUT2D eigenvalue weighted by atomic mass is 16.4. The van der Waals surface area contributed by atoms with Gasteiger partial charge in [0, 0.05) is 12.6 Å². The van der Waals surface area contributed by atoms with Crippen LogP contribution in [0.4, 0.5) is 4.79 Å². The van der Waals surface area contributed by atoms with Gasteiger partial charge in [-0.15, -0.1) is 0 Å². The minimum atomic E-state index is -0.988. The van der Waals surface area contributed by atoms with Gasteiger partial charge in [-0.1, -0.05) is 20.3 Å². The highest BCUT2D eigenvalue weighted by molar-refractivity contribution is 5.82. The summed E-state index contributed by atoms with van der Waals surface area (Å²) in [4.78, 5) is 25.0. The van der Waals surface area contributed by atoms with Gasteiger partial charge in [-0.05, 0) is 46.2 Å². The molecule has 0 aliphatic heterocycles. The molecule has 6 nitrogen and oxygen atoms in total. The first-order valence-corrected chi connectivity index (χ1v) is 7.77. The highest BCUT2D eigenvalue weighted by Crippen LogP contribution is 2.07.